The van der Waals surface area contributed by atoms with Crippen molar-refractivity contribution < 1.29 is 4.74 Å². The lowest BCUT2D eigenvalue weighted by atomic mass is 9.73. The molecule has 3 heteroatoms. The molecule has 2 aliphatic heterocycles. The van der Waals surface area contributed by atoms with Crippen LogP contribution in [0.1, 0.15) is 49.9 Å². The molecule has 3 nitrogen and oxygen atoms in total. The van der Waals surface area contributed by atoms with Crippen LogP contribution in [0, 0.1) is 0 Å². The summed E-state index contributed by atoms with van der Waals surface area (Å²) in [6.45, 7) is 9.37. The van der Waals surface area contributed by atoms with E-state index >= 15 is 0 Å². The van der Waals surface area contributed by atoms with Gasteiger partial charge < -0.3 is 14.5 Å². The van der Waals surface area contributed by atoms with Gasteiger partial charge in [-0.1, -0.05) is 107 Å². The first-order chi connectivity index (χ1) is 21.8. The first-order valence-electron chi connectivity index (χ1n) is 15.8. The number of ether oxygens (including phenoxy) is 1. The molecule has 9 rings (SSSR count). The van der Waals surface area contributed by atoms with Crippen molar-refractivity contribution in [1.82, 2.24) is 0 Å². The predicted molar refractivity (Wildman–Crippen MR) is 186 cm³/mol. The monoisotopic (exact) mass is 582 g/mol. The lowest BCUT2D eigenvalue weighted by molar-refractivity contribution is 0.471. The Morgan fingerprint density at radius 2 is 1.09 bits per heavy atom. The molecule has 6 aromatic rings. The second-order valence-electron chi connectivity index (χ2n) is 13.5. The summed E-state index contributed by atoms with van der Waals surface area (Å²) in [5.74, 6) is 1.74. The molecule has 0 aromatic heterocycles. The van der Waals surface area contributed by atoms with Gasteiger partial charge in [-0.25, -0.2) is 0 Å². The number of fused-ring (bicyclic) bond motifs is 7. The van der Waals surface area contributed by atoms with Crippen LogP contribution in [0.2, 0.25) is 0 Å². The first-order valence-corrected chi connectivity index (χ1v) is 15.8. The Labute approximate surface area is 265 Å². The summed E-state index contributed by atoms with van der Waals surface area (Å²) < 4.78 is 6.78. The van der Waals surface area contributed by atoms with E-state index in [0.717, 1.165) is 39.9 Å². The smallest absolute Gasteiger partial charge is 0.153 e. The van der Waals surface area contributed by atoms with Gasteiger partial charge in [-0.05, 0) is 81.9 Å². The van der Waals surface area contributed by atoms with Gasteiger partial charge in [-0.2, -0.15) is 0 Å². The molecule has 6 aromatic carbocycles. The second-order valence-corrected chi connectivity index (χ2v) is 13.5. The lowest BCUT2D eigenvalue weighted by Crippen LogP contribution is -2.32. The number of rotatable bonds is 3. The van der Waals surface area contributed by atoms with Crippen molar-refractivity contribution >= 4 is 34.1 Å². The third-order valence-electron chi connectivity index (χ3n) is 10.2. The predicted octanol–water partition coefficient (Wildman–Crippen LogP) is 11.7. The Morgan fingerprint density at radius 3 is 1.91 bits per heavy atom. The maximum Gasteiger partial charge on any atom is 0.153 e. The molecular weight excluding hydrogens is 548 g/mol. The van der Waals surface area contributed by atoms with Gasteiger partial charge in [0.2, 0.25) is 0 Å². The number of hydrogen-bond acceptors (Lipinski definition) is 3. The zero-order valence-corrected chi connectivity index (χ0v) is 26.0. The Morgan fingerprint density at radius 1 is 0.467 bits per heavy atom. The molecule has 0 unspecified atom stereocenters. The number of anilines is 6. The number of benzene rings is 6. The van der Waals surface area contributed by atoms with Crippen molar-refractivity contribution in [3.05, 3.63) is 156 Å². The third-order valence-corrected chi connectivity index (χ3v) is 10.2. The minimum atomic E-state index is -0.243. The van der Waals surface area contributed by atoms with E-state index in [0.29, 0.717) is 0 Å². The van der Waals surface area contributed by atoms with Gasteiger partial charge >= 0.3 is 0 Å². The maximum absolute atomic E-state index is 6.78. The average Bonchev–Trinajstić information content (AvgIpc) is 3.29. The van der Waals surface area contributed by atoms with E-state index in [1.807, 2.05) is 0 Å². The molecular formula is C42H34N2O. The SMILES string of the molecule is CC1(C)c2ccccc2-c2ccc(N(c3ccccc3)c3cc4c5c(c3)C(C)(C)c3ccccc3N5c3ccccc3O4)cc21. The number of hydrogen-bond donors (Lipinski definition) is 0. The summed E-state index contributed by atoms with van der Waals surface area (Å²) in [7, 11) is 0. The highest BCUT2D eigenvalue weighted by molar-refractivity contribution is 5.95. The summed E-state index contributed by atoms with van der Waals surface area (Å²) in [6.07, 6.45) is 0. The molecule has 218 valence electrons. The third kappa shape index (κ3) is 3.58. The van der Waals surface area contributed by atoms with Gasteiger partial charge in [0.15, 0.2) is 11.5 Å². The van der Waals surface area contributed by atoms with Crippen LogP contribution < -0.4 is 14.5 Å². The summed E-state index contributed by atoms with van der Waals surface area (Å²) in [5.41, 5.74) is 14.3. The summed E-state index contributed by atoms with van der Waals surface area (Å²) >= 11 is 0. The van der Waals surface area contributed by atoms with Gasteiger partial charge in [-0.15, -0.1) is 0 Å². The molecule has 0 saturated heterocycles. The molecule has 0 atom stereocenters. The maximum atomic E-state index is 6.78. The van der Waals surface area contributed by atoms with Crippen molar-refractivity contribution in [3.63, 3.8) is 0 Å². The molecule has 0 spiro atoms. The van der Waals surface area contributed by atoms with Crippen LogP contribution in [0.25, 0.3) is 11.1 Å². The number of nitrogens with zero attached hydrogens (tertiary/aromatic N) is 2. The Bertz CT molecular complexity index is 2160. The Balaban J connectivity index is 1.29. The molecule has 2 heterocycles. The van der Waals surface area contributed by atoms with Gasteiger partial charge in [0.1, 0.15) is 0 Å². The Kier molecular flexibility index (Phi) is 5.30. The average molecular weight is 583 g/mol. The van der Waals surface area contributed by atoms with Crippen LogP contribution in [-0.2, 0) is 10.8 Å². The van der Waals surface area contributed by atoms with Crippen LogP contribution in [0.3, 0.4) is 0 Å². The molecule has 0 saturated carbocycles. The molecule has 0 bridgehead atoms. The fourth-order valence-electron chi connectivity index (χ4n) is 7.92. The normalized spacial score (nSPS) is 15.6. The summed E-state index contributed by atoms with van der Waals surface area (Å²) in [6, 6.07) is 48.3. The molecule has 3 aliphatic rings. The van der Waals surface area contributed by atoms with Gasteiger partial charge in [0.25, 0.3) is 0 Å². The van der Waals surface area contributed by atoms with Crippen molar-refractivity contribution in [3.8, 4) is 22.6 Å². The van der Waals surface area contributed by atoms with Gasteiger partial charge in [0.05, 0.1) is 22.7 Å². The zero-order valence-electron chi connectivity index (χ0n) is 26.0. The highest BCUT2D eigenvalue weighted by Crippen LogP contribution is 2.61. The summed E-state index contributed by atoms with van der Waals surface area (Å²) in [4.78, 5) is 4.79. The molecule has 1 aliphatic carbocycles. The van der Waals surface area contributed by atoms with Crippen molar-refractivity contribution in [2.24, 2.45) is 0 Å². The van der Waals surface area contributed by atoms with E-state index in [2.05, 4.69) is 171 Å². The second kappa shape index (κ2) is 9.12. The highest BCUT2D eigenvalue weighted by Gasteiger charge is 2.42. The fraction of sp³-hybridized carbons (Fsp3) is 0.143. The Hall–Kier alpha value is -5.28. The van der Waals surface area contributed by atoms with E-state index in [4.69, 9.17) is 4.74 Å². The van der Waals surface area contributed by atoms with Crippen molar-refractivity contribution in [1.29, 1.82) is 0 Å². The van der Waals surface area contributed by atoms with Crippen LogP contribution >= 0.6 is 0 Å². The zero-order chi connectivity index (χ0) is 30.5. The van der Waals surface area contributed by atoms with E-state index in [-0.39, 0.29) is 10.8 Å². The van der Waals surface area contributed by atoms with Gasteiger partial charge in [-0.3, -0.25) is 0 Å². The minimum Gasteiger partial charge on any atom is -0.453 e. The van der Waals surface area contributed by atoms with Crippen LogP contribution in [0.4, 0.5) is 34.1 Å². The van der Waals surface area contributed by atoms with Crippen molar-refractivity contribution in [2.75, 3.05) is 9.80 Å². The molecule has 45 heavy (non-hydrogen) atoms. The quantitative estimate of drug-likeness (QED) is 0.206. The number of para-hydroxylation sites is 4. The van der Waals surface area contributed by atoms with E-state index in [9.17, 15) is 0 Å². The van der Waals surface area contributed by atoms with Crippen LogP contribution in [0.5, 0.6) is 11.5 Å². The fourth-order valence-corrected chi connectivity index (χ4v) is 7.92. The van der Waals surface area contributed by atoms with E-state index in [1.54, 1.807) is 0 Å². The topological polar surface area (TPSA) is 15.7 Å². The van der Waals surface area contributed by atoms with Crippen LogP contribution in [0.15, 0.2) is 133 Å². The summed E-state index contributed by atoms with van der Waals surface area (Å²) in [5, 5.41) is 0. The standard InChI is InChI=1S/C42H34N2O/c1-41(2)32-17-9-8-16-30(32)31-23-22-28(24-34(31)41)43(27-14-6-5-7-15-27)29-25-35-40-39(26-29)45-38-21-13-12-20-37(38)44(40)36-19-11-10-18-33(36)42(35,3)4/h5-26H,1-4H3. The first kappa shape index (κ1) is 26.2. The van der Waals surface area contributed by atoms with E-state index < -0.39 is 0 Å². The van der Waals surface area contributed by atoms with Crippen LogP contribution in [-0.4, -0.2) is 0 Å². The highest BCUT2D eigenvalue weighted by atomic mass is 16.5. The van der Waals surface area contributed by atoms with Gasteiger partial charge in [0, 0.05) is 28.3 Å². The molecule has 0 N–H and O–H groups in total. The molecule has 0 radical (unpaired) electrons. The molecule has 0 fully saturated rings. The lowest BCUT2D eigenvalue weighted by Gasteiger charge is -2.45. The minimum absolute atomic E-state index is 0.0921. The van der Waals surface area contributed by atoms with Crippen molar-refractivity contribution in [2.45, 2.75) is 38.5 Å². The van der Waals surface area contributed by atoms with E-state index in [1.165, 1.54) is 39.1 Å². The molecule has 0 amide bonds. The largest absolute Gasteiger partial charge is 0.453 e.